The lowest BCUT2D eigenvalue weighted by Crippen LogP contribution is -1.95. The molecule has 0 radical (unpaired) electrons. The number of benzene rings is 3. The summed E-state index contributed by atoms with van der Waals surface area (Å²) in [5, 5.41) is 5.76. The van der Waals surface area contributed by atoms with Gasteiger partial charge in [-0.3, -0.25) is 0 Å². The number of rotatable bonds is 3. The summed E-state index contributed by atoms with van der Waals surface area (Å²) in [6.45, 7) is 0. The zero-order valence-electron chi connectivity index (χ0n) is 12.8. The van der Waals surface area contributed by atoms with Gasteiger partial charge in [0.1, 0.15) is 5.75 Å². The lowest BCUT2D eigenvalue weighted by atomic mass is 10.1. The summed E-state index contributed by atoms with van der Waals surface area (Å²) < 4.78 is 5.32. The highest BCUT2D eigenvalue weighted by molar-refractivity contribution is 6.08. The Balaban J connectivity index is 1.95. The number of methoxy groups -OCH3 is 1. The molecule has 1 N–H and O–H groups in total. The number of fused-ring (bicyclic) bond motifs is 2. The van der Waals surface area contributed by atoms with Crippen molar-refractivity contribution in [1.82, 2.24) is 4.98 Å². The summed E-state index contributed by atoms with van der Waals surface area (Å²) in [7, 11) is 1.68. The molecule has 0 spiro atoms. The molecule has 0 fully saturated rings. The minimum Gasteiger partial charge on any atom is -0.497 e. The molecule has 4 aromatic rings. The first-order chi connectivity index (χ1) is 11.3. The van der Waals surface area contributed by atoms with Crippen LogP contribution in [0.3, 0.4) is 0 Å². The summed E-state index contributed by atoms with van der Waals surface area (Å²) in [6.07, 6.45) is 0. The zero-order chi connectivity index (χ0) is 15.6. The molecule has 1 aromatic heterocycles. The van der Waals surface area contributed by atoms with E-state index in [1.807, 2.05) is 60.7 Å². The van der Waals surface area contributed by atoms with E-state index in [0.29, 0.717) is 0 Å². The lowest BCUT2D eigenvalue weighted by Gasteiger charge is -2.14. The minimum absolute atomic E-state index is 0.831. The maximum absolute atomic E-state index is 5.32. The van der Waals surface area contributed by atoms with Crippen molar-refractivity contribution in [2.75, 3.05) is 12.4 Å². The van der Waals surface area contributed by atoms with Crippen LogP contribution in [0.2, 0.25) is 0 Å². The van der Waals surface area contributed by atoms with Gasteiger partial charge >= 0.3 is 0 Å². The second kappa shape index (κ2) is 5.61. The molecular weight excluding hydrogens is 284 g/mol. The predicted molar refractivity (Wildman–Crippen MR) is 95.5 cm³/mol. The first-order valence-corrected chi connectivity index (χ1v) is 7.54. The largest absolute Gasteiger partial charge is 0.497 e. The van der Waals surface area contributed by atoms with E-state index >= 15 is 0 Å². The lowest BCUT2D eigenvalue weighted by molar-refractivity contribution is 0.415. The Labute approximate surface area is 134 Å². The van der Waals surface area contributed by atoms with E-state index in [-0.39, 0.29) is 0 Å². The third kappa shape index (κ3) is 2.46. The molecule has 3 heteroatoms. The maximum Gasteiger partial charge on any atom is 0.120 e. The van der Waals surface area contributed by atoms with Crippen LogP contribution in [0.4, 0.5) is 11.4 Å². The van der Waals surface area contributed by atoms with Gasteiger partial charge in [0.15, 0.2) is 0 Å². The van der Waals surface area contributed by atoms with E-state index in [1.165, 1.54) is 0 Å². The molecule has 1 heterocycles. The summed E-state index contributed by atoms with van der Waals surface area (Å²) >= 11 is 0. The fourth-order valence-electron chi connectivity index (χ4n) is 2.82. The highest BCUT2D eigenvalue weighted by Gasteiger charge is 2.09. The van der Waals surface area contributed by atoms with E-state index < -0.39 is 0 Å². The normalized spacial score (nSPS) is 10.8. The quantitative estimate of drug-likeness (QED) is 0.532. The highest BCUT2D eigenvalue weighted by atomic mass is 16.5. The van der Waals surface area contributed by atoms with Crippen molar-refractivity contribution in [3.63, 3.8) is 0 Å². The summed E-state index contributed by atoms with van der Waals surface area (Å²) in [4.78, 5) is 4.75. The highest BCUT2D eigenvalue weighted by Crippen LogP contribution is 2.33. The van der Waals surface area contributed by atoms with Crippen molar-refractivity contribution in [3.05, 3.63) is 72.8 Å². The monoisotopic (exact) mass is 300 g/mol. The first-order valence-electron chi connectivity index (χ1n) is 7.54. The summed E-state index contributed by atoms with van der Waals surface area (Å²) in [5.74, 6) is 0.831. The molecule has 3 nitrogen and oxygen atoms in total. The Bertz CT molecular complexity index is 941. The third-order valence-corrected chi connectivity index (χ3v) is 3.93. The second-order valence-electron chi connectivity index (χ2n) is 5.38. The van der Waals surface area contributed by atoms with Crippen LogP contribution in [-0.2, 0) is 0 Å². The number of nitrogens with one attached hydrogen (secondary N) is 1. The van der Waals surface area contributed by atoms with Gasteiger partial charge in [0, 0.05) is 22.5 Å². The Morgan fingerprint density at radius 3 is 2.09 bits per heavy atom. The molecule has 0 aliphatic carbocycles. The fourth-order valence-corrected chi connectivity index (χ4v) is 2.82. The van der Waals surface area contributed by atoms with Crippen LogP contribution < -0.4 is 10.1 Å². The Morgan fingerprint density at radius 2 is 1.43 bits per heavy atom. The second-order valence-corrected chi connectivity index (χ2v) is 5.38. The van der Waals surface area contributed by atoms with Gasteiger partial charge < -0.3 is 10.1 Å². The topological polar surface area (TPSA) is 34.1 Å². The van der Waals surface area contributed by atoms with Crippen molar-refractivity contribution in [3.8, 4) is 5.75 Å². The smallest absolute Gasteiger partial charge is 0.120 e. The van der Waals surface area contributed by atoms with Crippen LogP contribution in [0.25, 0.3) is 21.8 Å². The Kier molecular flexibility index (Phi) is 3.31. The van der Waals surface area contributed by atoms with Gasteiger partial charge in [-0.25, -0.2) is 4.98 Å². The molecule has 0 amide bonds. The third-order valence-electron chi connectivity index (χ3n) is 3.93. The Morgan fingerprint density at radius 1 is 0.783 bits per heavy atom. The van der Waals surface area contributed by atoms with Gasteiger partial charge in [-0.2, -0.15) is 0 Å². The number of hydrogen-bond donors (Lipinski definition) is 1. The molecule has 0 aliphatic heterocycles. The molecule has 0 bridgehead atoms. The molecule has 0 atom stereocenters. The van der Waals surface area contributed by atoms with Crippen LogP contribution in [0.15, 0.2) is 72.8 Å². The average Bonchev–Trinajstić information content (AvgIpc) is 2.61. The van der Waals surface area contributed by atoms with Crippen molar-refractivity contribution < 1.29 is 4.74 Å². The van der Waals surface area contributed by atoms with Crippen molar-refractivity contribution in [2.45, 2.75) is 0 Å². The van der Waals surface area contributed by atoms with E-state index in [4.69, 9.17) is 9.72 Å². The number of aromatic nitrogens is 1. The van der Waals surface area contributed by atoms with Crippen molar-refractivity contribution in [1.29, 1.82) is 0 Å². The number of ether oxygens (including phenoxy) is 1. The van der Waals surface area contributed by atoms with E-state index in [0.717, 1.165) is 38.9 Å². The van der Waals surface area contributed by atoms with E-state index in [9.17, 15) is 0 Å². The molecule has 23 heavy (non-hydrogen) atoms. The number of anilines is 2. The number of hydrogen-bond acceptors (Lipinski definition) is 3. The predicted octanol–water partition coefficient (Wildman–Crippen LogP) is 5.14. The number of para-hydroxylation sites is 2. The SMILES string of the molecule is COc1cccc(Nc2c3ccccc3nc3ccccc23)c1. The van der Waals surface area contributed by atoms with E-state index in [2.05, 4.69) is 17.4 Å². The molecule has 0 unspecified atom stereocenters. The number of pyridine rings is 1. The van der Waals surface area contributed by atoms with Crippen LogP contribution in [0.1, 0.15) is 0 Å². The molecule has 0 saturated heterocycles. The molecule has 112 valence electrons. The van der Waals surface area contributed by atoms with Gasteiger partial charge in [-0.05, 0) is 24.3 Å². The van der Waals surface area contributed by atoms with Gasteiger partial charge in [0.05, 0.1) is 23.8 Å². The molecule has 0 saturated carbocycles. The van der Waals surface area contributed by atoms with Gasteiger partial charge in [-0.1, -0.05) is 42.5 Å². The van der Waals surface area contributed by atoms with E-state index in [1.54, 1.807) is 7.11 Å². The average molecular weight is 300 g/mol. The summed E-state index contributed by atoms with van der Waals surface area (Å²) in [6, 6.07) is 24.3. The molecule has 4 rings (SSSR count). The fraction of sp³-hybridized carbons (Fsp3) is 0.0500. The van der Waals surface area contributed by atoms with Gasteiger partial charge in [0.25, 0.3) is 0 Å². The van der Waals surface area contributed by atoms with Crippen molar-refractivity contribution in [2.24, 2.45) is 0 Å². The zero-order valence-corrected chi connectivity index (χ0v) is 12.8. The molecule has 3 aromatic carbocycles. The minimum atomic E-state index is 0.831. The summed E-state index contributed by atoms with van der Waals surface area (Å²) in [5.41, 5.74) is 4.03. The van der Waals surface area contributed by atoms with Crippen LogP contribution >= 0.6 is 0 Å². The standard InChI is InChI=1S/C20H16N2O/c1-23-15-8-6-7-14(13-15)21-20-16-9-2-4-11-18(16)22-19-12-5-3-10-17(19)20/h2-13H,1H3,(H,21,22). The van der Waals surface area contributed by atoms with Crippen LogP contribution in [0.5, 0.6) is 5.75 Å². The Hall–Kier alpha value is -3.07. The number of nitrogens with zero attached hydrogens (tertiary/aromatic N) is 1. The van der Waals surface area contributed by atoms with Crippen molar-refractivity contribution >= 4 is 33.2 Å². The van der Waals surface area contributed by atoms with Gasteiger partial charge in [0.2, 0.25) is 0 Å². The molecular formula is C20H16N2O. The molecule has 0 aliphatic rings. The first kappa shape index (κ1) is 13.6. The van der Waals surface area contributed by atoms with Gasteiger partial charge in [-0.15, -0.1) is 0 Å². The maximum atomic E-state index is 5.32. The van der Waals surface area contributed by atoms with Crippen LogP contribution in [-0.4, -0.2) is 12.1 Å². The van der Waals surface area contributed by atoms with Crippen LogP contribution in [0, 0.1) is 0 Å².